The zero-order chi connectivity index (χ0) is 22.1. The molecule has 13 heteroatoms. The van der Waals surface area contributed by atoms with E-state index in [0.29, 0.717) is 12.3 Å². The molecular formula is C17H9ClF6N4O2. The third-order valence-corrected chi connectivity index (χ3v) is 4.01. The Balaban J connectivity index is 1.74. The number of benzene rings is 1. The Labute approximate surface area is 168 Å². The van der Waals surface area contributed by atoms with Crippen LogP contribution in [0.15, 0.2) is 41.1 Å². The van der Waals surface area contributed by atoms with Gasteiger partial charge < -0.3 is 9.84 Å². The second-order valence-electron chi connectivity index (χ2n) is 5.79. The number of hydrogen-bond acceptors (Lipinski definition) is 5. The van der Waals surface area contributed by atoms with Crippen molar-refractivity contribution in [2.45, 2.75) is 18.9 Å². The summed E-state index contributed by atoms with van der Waals surface area (Å²) in [6.45, 7) is -0.410. The predicted octanol–water partition coefficient (Wildman–Crippen LogP) is 4.75. The highest BCUT2D eigenvalue weighted by molar-refractivity contribution is 6.32. The number of hydrogen-bond donors (Lipinski definition) is 1. The molecule has 2 aromatic heterocycles. The molecule has 2 heterocycles. The van der Waals surface area contributed by atoms with Crippen LogP contribution in [0.4, 0.5) is 26.3 Å². The Kier molecular flexibility index (Phi) is 5.70. The molecule has 0 unspecified atom stereocenters. The zero-order valence-corrected chi connectivity index (χ0v) is 15.2. The summed E-state index contributed by atoms with van der Waals surface area (Å²) in [5, 5.41) is 5.31. The van der Waals surface area contributed by atoms with Crippen LogP contribution < -0.4 is 5.32 Å². The van der Waals surface area contributed by atoms with Crippen LogP contribution >= 0.6 is 11.6 Å². The fraction of sp³-hybridized carbons (Fsp3) is 0.176. The van der Waals surface area contributed by atoms with Crippen LogP contribution in [0.3, 0.4) is 0 Å². The van der Waals surface area contributed by atoms with Crippen molar-refractivity contribution >= 4 is 17.5 Å². The van der Waals surface area contributed by atoms with Crippen molar-refractivity contribution in [2.75, 3.05) is 0 Å². The van der Waals surface area contributed by atoms with E-state index in [0.717, 1.165) is 18.2 Å². The van der Waals surface area contributed by atoms with Gasteiger partial charge in [-0.15, -0.1) is 0 Å². The molecule has 0 radical (unpaired) electrons. The number of carbonyl (C=O) groups excluding carboxylic acids is 1. The summed E-state index contributed by atoms with van der Waals surface area (Å²) in [6.07, 6.45) is -8.84. The molecule has 158 valence electrons. The van der Waals surface area contributed by atoms with Gasteiger partial charge in [0.15, 0.2) is 5.82 Å². The molecule has 0 aliphatic carbocycles. The maximum Gasteiger partial charge on any atom is 0.417 e. The number of amides is 1. The Hall–Kier alpha value is -3.15. The van der Waals surface area contributed by atoms with E-state index < -0.39 is 46.5 Å². The minimum Gasteiger partial charge on any atom is -0.345 e. The standard InChI is InChI=1S/C17H9ClF6N4O2/c18-11-5-8(16(19,20)21)6-25-13(11)15-27-12(28-30-15)7-26-14(29)9-3-1-2-4-10(9)17(22,23)24/h1-6H,7H2,(H,26,29). The van der Waals surface area contributed by atoms with Crippen LogP contribution in [0.5, 0.6) is 0 Å². The van der Waals surface area contributed by atoms with Crippen molar-refractivity contribution in [3.8, 4) is 11.6 Å². The van der Waals surface area contributed by atoms with E-state index in [1.54, 1.807) is 0 Å². The summed E-state index contributed by atoms with van der Waals surface area (Å²) in [5.41, 5.74) is -3.01. The summed E-state index contributed by atoms with van der Waals surface area (Å²) in [4.78, 5) is 19.5. The van der Waals surface area contributed by atoms with Gasteiger partial charge in [0.05, 0.1) is 28.3 Å². The third-order valence-electron chi connectivity index (χ3n) is 3.72. The molecule has 30 heavy (non-hydrogen) atoms. The zero-order valence-electron chi connectivity index (χ0n) is 14.5. The van der Waals surface area contributed by atoms with Crippen molar-refractivity contribution < 1.29 is 35.7 Å². The Morgan fingerprint density at radius 1 is 1.10 bits per heavy atom. The van der Waals surface area contributed by atoms with Gasteiger partial charge in [-0.3, -0.25) is 4.79 Å². The van der Waals surface area contributed by atoms with Gasteiger partial charge in [0.25, 0.3) is 11.8 Å². The van der Waals surface area contributed by atoms with E-state index in [1.807, 2.05) is 0 Å². The molecular weight excluding hydrogens is 442 g/mol. The third kappa shape index (κ3) is 4.70. The van der Waals surface area contributed by atoms with Crippen molar-refractivity contribution in [1.29, 1.82) is 0 Å². The van der Waals surface area contributed by atoms with Gasteiger partial charge in [-0.2, -0.15) is 31.3 Å². The molecule has 0 aliphatic heterocycles. The fourth-order valence-corrected chi connectivity index (χ4v) is 2.60. The van der Waals surface area contributed by atoms with E-state index in [-0.39, 0.29) is 17.4 Å². The van der Waals surface area contributed by atoms with Gasteiger partial charge >= 0.3 is 12.4 Å². The smallest absolute Gasteiger partial charge is 0.345 e. The second-order valence-corrected chi connectivity index (χ2v) is 6.20. The minimum absolute atomic E-state index is 0.152. The molecule has 1 N–H and O–H groups in total. The number of nitrogens with one attached hydrogen (secondary N) is 1. The number of halogens is 7. The number of aromatic nitrogens is 3. The highest BCUT2D eigenvalue weighted by Crippen LogP contribution is 2.34. The molecule has 1 amide bonds. The minimum atomic E-state index is -4.72. The Bertz CT molecular complexity index is 1080. The molecule has 6 nitrogen and oxygen atoms in total. The molecule has 0 saturated carbocycles. The average Bonchev–Trinajstić information content (AvgIpc) is 3.13. The lowest BCUT2D eigenvalue weighted by molar-refractivity contribution is -0.138. The number of nitrogens with zero attached hydrogens (tertiary/aromatic N) is 3. The van der Waals surface area contributed by atoms with Gasteiger partial charge in [-0.05, 0) is 18.2 Å². The van der Waals surface area contributed by atoms with Crippen molar-refractivity contribution in [2.24, 2.45) is 0 Å². The Morgan fingerprint density at radius 2 is 1.80 bits per heavy atom. The lowest BCUT2D eigenvalue weighted by Crippen LogP contribution is -2.26. The summed E-state index contributed by atoms with van der Waals surface area (Å²) in [6, 6.07) is 4.82. The van der Waals surface area contributed by atoms with E-state index in [2.05, 4.69) is 20.4 Å². The van der Waals surface area contributed by atoms with E-state index in [9.17, 15) is 31.1 Å². The SMILES string of the molecule is O=C(NCc1noc(-c2ncc(C(F)(F)F)cc2Cl)n1)c1ccccc1C(F)(F)F. The summed E-state index contributed by atoms with van der Waals surface area (Å²) in [5.74, 6) is -1.51. The van der Waals surface area contributed by atoms with Gasteiger partial charge in [-0.1, -0.05) is 28.9 Å². The van der Waals surface area contributed by atoms with E-state index >= 15 is 0 Å². The van der Waals surface area contributed by atoms with E-state index in [4.69, 9.17) is 16.1 Å². The molecule has 0 bridgehead atoms. The van der Waals surface area contributed by atoms with Gasteiger partial charge in [0.1, 0.15) is 5.69 Å². The first kappa shape index (κ1) is 21.6. The largest absolute Gasteiger partial charge is 0.417 e. The first-order valence-electron chi connectivity index (χ1n) is 7.97. The summed E-state index contributed by atoms with van der Waals surface area (Å²) < 4.78 is 81.8. The van der Waals surface area contributed by atoms with Crippen LogP contribution in [0.25, 0.3) is 11.6 Å². The molecule has 0 aliphatic rings. The summed E-state index contributed by atoms with van der Waals surface area (Å²) >= 11 is 5.78. The average molecular weight is 451 g/mol. The van der Waals surface area contributed by atoms with Crippen molar-refractivity contribution in [3.05, 3.63) is 64.1 Å². The lowest BCUT2D eigenvalue weighted by Gasteiger charge is -2.11. The molecule has 1 aromatic carbocycles. The first-order valence-corrected chi connectivity index (χ1v) is 8.34. The maximum atomic E-state index is 13.0. The van der Waals surface area contributed by atoms with Crippen LogP contribution in [0.1, 0.15) is 27.3 Å². The number of pyridine rings is 1. The lowest BCUT2D eigenvalue weighted by atomic mass is 10.1. The van der Waals surface area contributed by atoms with Gasteiger partial charge in [-0.25, -0.2) is 4.98 Å². The molecule has 3 aromatic rings. The predicted molar refractivity (Wildman–Crippen MR) is 90.2 cm³/mol. The molecule has 0 saturated heterocycles. The molecule has 0 atom stereocenters. The van der Waals surface area contributed by atoms with Gasteiger partial charge in [0, 0.05) is 6.20 Å². The monoisotopic (exact) mass is 450 g/mol. The highest BCUT2D eigenvalue weighted by atomic mass is 35.5. The van der Waals surface area contributed by atoms with Crippen LogP contribution in [-0.4, -0.2) is 21.0 Å². The molecule has 0 spiro atoms. The van der Waals surface area contributed by atoms with Crippen LogP contribution in [0.2, 0.25) is 5.02 Å². The second kappa shape index (κ2) is 7.94. The quantitative estimate of drug-likeness (QED) is 0.580. The number of alkyl halides is 6. The van der Waals surface area contributed by atoms with Crippen LogP contribution in [0, 0.1) is 0 Å². The molecule has 3 rings (SSSR count). The molecule has 0 fully saturated rings. The van der Waals surface area contributed by atoms with E-state index in [1.165, 1.54) is 6.07 Å². The maximum absolute atomic E-state index is 13.0. The van der Waals surface area contributed by atoms with Crippen LogP contribution in [-0.2, 0) is 18.9 Å². The van der Waals surface area contributed by atoms with Crippen molar-refractivity contribution in [3.63, 3.8) is 0 Å². The van der Waals surface area contributed by atoms with Gasteiger partial charge in [0.2, 0.25) is 0 Å². The normalized spacial score (nSPS) is 12.1. The first-order chi connectivity index (χ1) is 14.0. The number of rotatable bonds is 4. The summed E-state index contributed by atoms with van der Waals surface area (Å²) in [7, 11) is 0. The number of carbonyl (C=O) groups is 1. The fourth-order valence-electron chi connectivity index (χ4n) is 2.36. The Morgan fingerprint density at radius 3 is 2.43 bits per heavy atom. The van der Waals surface area contributed by atoms with Crippen molar-refractivity contribution in [1.82, 2.24) is 20.4 Å². The topological polar surface area (TPSA) is 80.9 Å². The highest BCUT2D eigenvalue weighted by Gasteiger charge is 2.35.